The quantitative estimate of drug-likeness (QED) is 0.510. The van der Waals surface area contributed by atoms with Crippen LogP contribution in [0.25, 0.3) is 0 Å². The number of rotatable bonds is 1. The molecular formula is C3H4N4S2. The van der Waals surface area contributed by atoms with E-state index in [-0.39, 0.29) is 4.99 Å². The number of nitrogens with zero attached hydrogens (tertiary/aromatic N) is 1. The molecule has 0 saturated carbocycles. The Morgan fingerprint density at radius 1 is 1.67 bits per heavy atom. The molecule has 0 unspecified atom stereocenters. The monoisotopic (exact) mass is 160 g/mol. The van der Waals surface area contributed by atoms with E-state index in [4.69, 9.17) is 18.0 Å². The summed E-state index contributed by atoms with van der Waals surface area (Å²) in [7, 11) is 0. The molecule has 0 saturated heterocycles. The van der Waals surface area contributed by atoms with Gasteiger partial charge in [0, 0.05) is 0 Å². The summed E-state index contributed by atoms with van der Waals surface area (Å²) in [4.78, 5) is 0.206. The summed E-state index contributed by atoms with van der Waals surface area (Å²) in [6.45, 7) is 0. The normalized spacial score (nSPS) is 9.33. The molecule has 0 aliphatic rings. The molecule has 0 aliphatic heterocycles. The van der Waals surface area contributed by atoms with Gasteiger partial charge in [0.25, 0.3) is 0 Å². The van der Waals surface area contributed by atoms with Crippen LogP contribution in [-0.4, -0.2) is 20.4 Å². The standard InChI is InChI=1S/C3H4N4S2/c4-2(8)1-3(9)6-7-5-1/h(H2,4,8)(H2,5,6,7,9). The van der Waals surface area contributed by atoms with E-state index >= 15 is 0 Å². The van der Waals surface area contributed by atoms with Gasteiger partial charge < -0.3 is 5.73 Å². The number of hydrogen-bond acceptors (Lipinski definition) is 3. The van der Waals surface area contributed by atoms with Gasteiger partial charge in [-0.3, -0.25) is 5.10 Å². The third-order valence-corrected chi connectivity index (χ3v) is 1.27. The smallest absolute Gasteiger partial charge is 0.155 e. The number of H-pyrrole nitrogens is 2. The van der Waals surface area contributed by atoms with E-state index in [2.05, 4.69) is 27.6 Å². The lowest BCUT2D eigenvalue weighted by Gasteiger charge is -1.82. The highest BCUT2D eigenvalue weighted by molar-refractivity contribution is 7.80. The van der Waals surface area contributed by atoms with Crippen molar-refractivity contribution >= 4 is 29.4 Å². The molecule has 0 radical (unpaired) electrons. The van der Waals surface area contributed by atoms with E-state index in [1.807, 2.05) is 0 Å². The summed E-state index contributed by atoms with van der Waals surface area (Å²) in [5.41, 5.74) is 5.67. The Hall–Kier alpha value is -0.750. The summed E-state index contributed by atoms with van der Waals surface area (Å²) >= 11 is 9.36. The van der Waals surface area contributed by atoms with Gasteiger partial charge in [-0.2, -0.15) is 5.10 Å². The van der Waals surface area contributed by atoms with Gasteiger partial charge in [0.1, 0.15) is 9.63 Å². The lowest BCUT2D eigenvalue weighted by Crippen LogP contribution is -2.10. The van der Waals surface area contributed by atoms with Gasteiger partial charge in [0.15, 0.2) is 5.69 Å². The molecule has 9 heavy (non-hydrogen) atoms. The van der Waals surface area contributed by atoms with E-state index in [0.717, 1.165) is 0 Å². The lowest BCUT2D eigenvalue weighted by molar-refractivity contribution is 0.934. The van der Waals surface area contributed by atoms with Crippen LogP contribution >= 0.6 is 24.4 Å². The number of thiocarbonyl (C=S) groups is 1. The Labute approximate surface area is 61.4 Å². The van der Waals surface area contributed by atoms with Crippen molar-refractivity contribution in [3.63, 3.8) is 0 Å². The zero-order valence-corrected chi connectivity index (χ0v) is 5.97. The Morgan fingerprint density at radius 2 is 2.33 bits per heavy atom. The number of nitrogens with one attached hydrogen (secondary N) is 2. The predicted octanol–water partition coefficient (Wildman–Crippen LogP) is 0.101. The van der Waals surface area contributed by atoms with Crippen molar-refractivity contribution in [1.82, 2.24) is 15.4 Å². The highest BCUT2D eigenvalue weighted by atomic mass is 32.1. The van der Waals surface area contributed by atoms with Gasteiger partial charge in [-0.25, -0.2) is 5.21 Å². The summed E-state index contributed by atoms with van der Waals surface area (Å²) in [6, 6.07) is 0. The maximum atomic E-state index is 5.22. The van der Waals surface area contributed by atoms with Gasteiger partial charge in [-0.15, -0.1) is 0 Å². The molecule has 4 nitrogen and oxygen atoms in total. The highest BCUT2D eigenvalue weighted by Gasteiger charge is 1.99. The average molecular weight is 160 g/mol. The third kappa shape index (κ3) is 1.14. The summed E-state index contributed by atoms with van der Waals surface area (Å²) in [5.74, 6) is 0. The molecule has 0 atom stereocenters. The summed E-state index contributed by atoms with van der Waals surface area (Å²) < 4.78 is 0.447. The van der Waals surface area contributed by atoms with Crippen LogP contribution in [0.2, 0.25) is 0 Å². The Kier molecular flexibility index (Phi) is 1.58. The van der Waals surface area contributed by atoms with Crippen molar-refractivity contribution < 1.29 is 0 Å². The molecular weight excluding hydrogens is 156 g/mol. The second-order valence-electron chi connectivity index (χ2n) is 1.39. The van der Waals surface area contributed by atoms with Crippen molar-refractivity contribution in [3.05, 3.63) is 10.3 Å². The minimum absolute atomic E-state index is 0.206. The maximum Gasteiger partial charge on any atom is 0.155 e. The molecule has 0 aromatic carbocycles. The second-order valence-corrected chi connectivity index (χ2v) is 2.24. The molecule has 0 amide bonds. The van der Waals surface area contributed by atoms with Crippen molar-refractivity contribution in [3.8, 4) is 0 Å². The van der Waals surface area contributed by atoms with Crippen molar-refractivity contribution in [2.45, 2.75) is 0 Å². The van der Waals surface area contributed by atoms with E-state index in [1.165, 1.54) is 0 Å². The summed E-state index contributed by atoms with van der Waals surface area (Å²) in [5, 5.41) is 8.66. The van der Waals surface area contributed by atoms with Crippen LogP contribution in [0.4, 0.5) is 0 Å². The fraction of sp³-hybridized carbons (Fsp3) is 0. The van der Waals surface area contributed by atoms with E-state index in [1.54, 1.807) is 0 Å². The minimum atomic E-state index is 0.206. The van der Waals surface area contributed by atoms with Gasteiger partial charge in [-0.1, -0.05) is 24.4 Å². The Morgan fingerprint density at radius 3 is 2.56 bits per heavy atom. The first kappa shape index (κ1) is 6.37. The molecule has 1 rings (SSSR count). The zero-order chi connectivity index (χ0) is 6.85. The average Bonchev–Trinajstić information content (AvgIpc) is 2.13. The first-order valence-electron chi connectivity index (χ1n) is 2.14. The largest absolute Gasteiger partial charge is 0.388 e. The fourth-order valence-corrected chi connectivity index (χ4v) is 0.825. The molecule has 0 spiro atoms. The Bertz CT molecular complexity index is 271. The minimum Gasteiger partial charge on any atom is -0.388 e. The molecule has 48 valence electrons. The van der Waals surface area contributed by atoms with E-state index in [9.17, 15) is 0 Å². The van der Waals surface area contributed by atoms with Crippen LogP contribution in [0.1, 0.15) is 5.69 Å². The van der Waals surface area contributed by atoms with Crippen molar-refractivity contribution in [2.24, 2.45) is 5.73 Å². The third-order valence-electron chi connectivity index (χ3n) is 0.786. The maximum absolute atomic E-state index is 5.22. The molecule has 4 N–H and O–H groups in total. The summed E-state index contributed by atoms with van der Waals surface area (Å²) in [6.07, 6.45) is 0. The van der Waals surface area contributed by atoms with Gasteiger partial charge in [-0.05, 0) is 0 Å². The number of hydrogen-bond donors (Lipinski definition) is 3. The zero-order valence-electron chi connectivity index (χ0n) is 4.34. The number of aromatic amines is 2. The van der Waals surface area contributed by atoms with Crippen LogP contribution in [0.5, 0.6) is 0 Å². The molecule has 6 heteroatoms. The van der Waals surface area contributed by atoms with Crippen LogP contribution in [0.3, 0.4) is 0 Å². The Balaban J connectivity index is 3.24. The molecule has 1 aromatic rings. The van der Waals surface area contributed by atoms with E-state index in [0.29, 0.717) is 10.3 Å². The molecule has 0 fully saturated rings. The number of nitrogens with two attached hydrogens (primary N) is 1. The van der Waals surface area contributed by atoms with Gasteiger partial charge in [0.2, 0.25) is 0 Å². The number of aromatic nitrogens is 3. The highest BCUT2D eigenvalue weighted by Crippen LogP contribution is 1.90. The fourth-order valence-electron chi connectivity index (χ4n) is 0.412. The van der Waals surface area contributed by atoms with Crippen LogP contribution in [0.15, 0.2) is 0 Å². The van der Waals surface area contributed by atoms with Crippen molar-refractivity contribution in [1.29, 1.82) is 0 Å². The lowest BCUT2D eigenvalue weighted by atomic mass is 10.5. The molecule has 1 aromatic heterocycles. The van der Waals surface area contributed by atoms with Crippen LogP contribution in [0, 0.1) is 4.64 Å². The van der Waals surface area contributed by atoms with Gasteiger partial charge >= 0.3 is 0 Å². The molecule has 1 heterocycles. The second kappa shape index (κ2) is 2.24. The van der Waals surface area contributed by atoms with Crippen LogP contribution in [-0.2, 0) is 0 Å². The van der Waals surface area contributed by atoms with E-state index < -0.39 is 0 Å². The van der Waals surface area contributed by atoms with Crippen LogP contribution < -0.4 is 5.73 Å². The SMILES string of the molecule is NC(=S)c1n[nH][nH]c1=S. The topological polar surface area (TPSA) is 70.5 Å². The molecule has 0 aliphatic carbocycles. The molecule has 0 bridgehead atoms. The predicted molar refractivity (Wildman–Crippen MR) is 39.7 cm³/mol. The first-order valence-corrected chi connectivity index (χ1v) is 2.96. The van der Waals surface area contributed by atoms with Crippen molar-refractivity contribution in [2.75, 3.05) is 0 Å². The van der Waals surface area contributed by atoms with Gasteiger partial charge in [0.05, 0.1) is 0 Å². The first-order chi connectivity index (χ1) is 4.22.